The van der Waals surface area contributed by atoms with Crippen LogP contribution in [0.3, 0.4) is 0 Å². The lowest BCUT2D eigenvalue weighted by molar-refractivity contribution is -0.129. The number of carbonyl (C=O) groups excluding carboxylic acids is 1. The molecule has 112 valence electrons. The van der Waals surface area contributed by atoms with Crippen LogP contribution in [0.5, 0.6) is 5.75 Å². The second-order valence-corrected chi connectivity index (χ2v) is 6.92. The number of thioether (sulfide) groups is 1. The van der Waals surface area contributed by atoms with Gasteiger partial charge < -0.3 is 10.0 Å². The Bertz CT molecular complexity index is 422. The van der Waals surface area contributed by atoms with Crippen molar-refractivity contribution in [3.63, 3.8) is 0 Å². The van der Waals surface area contributed by atoms with Crippen molar-refractivity contribution in [3.05, 3.63) is 24.3 Å². The summed E-state index contributed by atoms with van der Waals surface area (Å²) in [5.41, 5.74) is 0. The van der Waals surface area contributed by atoms with Crippen molar-refractivity contribution in [1.82, 2.24) is 4.90 Å². The number of amides is 1. The summed E-state index contributed by atoms with van der Waals surface area (Å²) in [6.45, 7) is 10.1. The van der Waals surface area contributed by atoms with Crippen LogP contribution in [0.15, 0.2) is 29.2 Å². The molecule has 1 rings (SSSR count). The van der Waals surface area contributed by atoms with E-state index < -0.39 is 0 Å². The van der Waals surface area contributed by atoms with Gasteiger partial charge in [0.15, 0.2) is 0 Å². The molecule has 20 heavy (non-hydrogen) atoms. The highest BCUT2D eigenvalue weighted by Crippen LogP contribution is 2.22. The number of benzene rings is 1. The number of aromatic hydroxyl groups is 1. The van der Waals surface area contributed by atoms with Gasteiger partial charge in [0.1, 0.15) is 5.75 Å². The second-order valence-electron chi connectivity index (χ2n) is 5.87. The van der Waals surface area contributed by atoms with E-state index in [4.69, 9.17) is 0 Å². The van der Waals surface area contributed by atoms with Crippen LogP contribution in [0.2, 0.25) is 0 Å². The molecule has 4 heteroatoms. The Balaban J connectivity index is 2.57. The van der Waals surface area contributed by atoms with E-state index in [2.05, 4.69) is 27.7 Å². The van der Waals surface area contributed by atoms with Crippen LogP contribution < -0.4 is 0 Å². The molecule has 0 aliphatic carbocycles. The average Bonchev–Trinajstić information content (AvgIpc) is 2.34. The predicted molar refractivity (Wildman–Crippen MR) is 85.1 cm³/mol. The highest BCUT2D eigenvalue weighted by molar-refractivity contribution is 8.00. The fraction of sp³-hybridized carbons (Fsp3) is 0.562. The Labute approximate surface area is 126 Å². The third-order valence-corrected chi connectivity index (χ3v) is 3.68. The SMILES string of the molecule is CC(C)CN(CC(C)C)C(=O)CSc1cccc(O)c1. The zero-order valence-electron chi connectivity index (χ0n) is 12.8. The largest absolute Gasteiger partial charge is 0.508 e. The molecule has 0 unspecified atom stereocenters. The van der Waals surface area contributed by atoms with Crippen molar-refractivity contribution < 1.29 is 9.90 Å². The Hall–Kier alpha value is -1.16. The maximum Gasteiger partial charge on any atom is 0.232 e. The topological polar surface area (TPSA) is 40.5 Å². The molecule has 0 heterocycles. The highest BCUT2D eigenvalue weighted by atomic mass is 32.2. The molecular formula is C16H25NO2S. The fourth-order valence-electron chi connectivity index (χ4n) is 1.97. The first-order chi connectivity index (χ1) is 9.38. The molecule has 0 aliphatic heterocycles. The van der Waals surface area contributed by atoms with Crippen LogP contribution in [0.1, 0.15) is 27.7 Å². The van der Waals surface area contributed by atoms with Crippen LogP contribution in [0, 0.1) is 11.8 Å². The van der Waals surface area contributed by atoms with E-state index in [1.54, 1.807) is 18.2 Å². The van der Waals surface area contributed by atoms with Crippen LogP contribution in [-0.4, -0.2) is 34.8 Å². The molecule has 1 N–H and O–H groups in total. The van der Waals surface area contributed by atoms with Crippen LogP contribution in [0.25, 0.3) is 0 Å². The molecule has 0 aliphatic rings. The van der Waals surface area contributed by atoms with E-state index in [0.29, 0.717) is 17.6 Å². The number of phenolic OH excluding ortho intramolecular Hbond substituents is 1. The Kier molecular flexibility index (Phi) is 6.93. The Morgan fingerprint density at radius 1 is 1.20 bits per heavy atom. The molecule has 1 aromatic carbocycles. The smallest absolute Gasteiger partial charge is 0.232 e. The summed E-state index contributed by atoms with van der Waals surface area (Å²) in [4.78, 5) is 15.2. The summed E-state index contributed by atoms with van der Waals surface area (Å²) in [6.07, 6.45) is 0. The molecule has 0 saturated heterocycles. The van der Waals surface area contributed by atoms with Gasteiger partial charge >= 0.3 is 0 Å². The van der Waals surface area contributed by atoms with E-state index >= 15 is 0 Å². The summed E-state index contributed by atoms with van der Waals surface area (Å²) in [5.74, 6) is 1.78. The molecule has 3 nitrogen and oxygen atoms in total. The average molecular weight is 295 g/mol. The first-order valence-electron chi connectivity index (χ1n) is 7.08. The highest BCUT2D eigenvalue weighted by Gasteiger charge is 2.16. The van der Waals surface area contributed by atoms with Gasteiger partial charge in [-0.15, -0.1) is 11.8 Å². The molecule has 0 atom stereocenters. The molecule has 0 aromatic heterocycles. The van der Waals surface area contributed by atoms with Gasteiger partial charge in [0, 0.05) is 18.0 Å². The number of carbonyl (C=O) groups is 1. The number of nitrogens with zero attached hydrogens (tertiary/aromatic N) is 1. The molecule has 0 radical (unpaired) electrons. The lowest BCUT2D eigenvalue weighted by Gasteiger charge is -2.26. The Morgan fingerprint density at radius 2 is 1.80 bits per heavy atom. The zero-order valence-corrected chi connectivity index (χ0v) is 13.6. The summed E-state index contributed by atoms with van der Waals surface area (Å²) in [6, 6.07) is 7.03. The quantitative estimate of drug-likeness (QED) is 0.781. The summed E-state index contributed by atoms with van der Waals surface area (Å²) in [5, 5.41) is 9.42. The van der Waals surface area contributed by atoms with Gasteiger partial charge in [0.25, 0.3) is 0 Å². The minimum atomic E-state index is 0.167. The van der Waals surface area contributed by atoms with Crippen LogP contribution in [0.4, 0.5) is 0 Å². The maximum absolute atomic E-state index is 12.3. The van der Waals surface area contributed by atoms with Gasteiger partial charge in [-0.1, -0.05) is 33.8 Å². The normalized spacial score (nSPS) is 11.1. The van der Waals surface area contributed by atoms with Gasteiger partial charge in [-0.3, -0.25) is 4.79 Å². The van der Waals surface area contributed by atoms with E-state index in [1.165, 1.54) is 11.8 Å². The van der Waals surface area contributed by atoms with E-state index in [-0.39, 0.29) is 11.7 Å². The van der Waals surface area contributed by atoms with E-state index in [0.717, 1.165) is 18.0 Å². The lowest BCUT2D eigenvalue weighted by Crippen LogP contribution is -2.38. The molecule has 1 aromatic rings. The van der Waals surface area contributed by atoms with Gasteiger partial charge in [-0.25, -0.2) is 0 Å². The van der Waals surface area contributed by atoms with Crippen molar-refractivity contribution in [2.24, 2.45) is 11.8 Å². The third-order valence-electron chi connectivity index (χ3n) is 2.70. The molecular weight excluding hydrogens is 270 g/mol. The van der Waals surface area contributed by atoms with Crippen molar-refractivity contribution in [2.45, 2.75) is 32.6 Å². The standard InChI is InChI=1S/C16H25NO2S/c1-12(2)9-17(10-13(3)4)16(19)11-20-15-7-5-6-14(18)8-15/h5-8,12-13,18H,9-11H2,1-4H3. The number of rotatable bonds is 7. The number of phenols is 1. The van der Waals surface area contributed by atoms with Crippen LogP contribution in [-0.2, 0) is 4.79 Å². The lowest BCUT2D eigenvalue weighted by atomic mass is 10.1. The minimum absolute atomic E-state index is 0.167. The third kappa shape index (κ3) is 6.33. The maximum atomic E-state index is 12.3. The van der Waals surface area contributed by atoms with Crippen molar-refractivity contribution in [1.29, 1.82) is 0 Å². The number of hydrogen-bond donors (Lipinski definition) is 1. The van der Waals surface area contributed by atoms with Crippen molar-refractivity contribution in [2.75, 3.05) is 18.8 Å². The van der Waals surface area contributed by atoms with Crippen molar-refractivity contribution >= 4 is 17.7 Å². The predicted octanol–water partition coefficient (Wildman–Crippen LogP) is 3.62. The molecule has 0 spiro atoms. The van der Waals surface area contributed by atoms with E-state index in [9.17, 15) is 9.90 Å². The van der Waals surface area contributed by atoms with Gasteiger partial charge in [-0.05, 0) is 30.0 Å². The van der Waals surface area contributed by atoms with Crippen molar-refractivity contribution in [3.8, 4) is 5.75 Å². The molecule has 0 saturated carbocycles. The molecule has 0 bridgehead atoms. The fourth-order valence-corrected chi connectivity index (χ4v) is 2.82. The summed E-state index contributed by atoms with van der Waals surface area (Å²) >= 11 is 1.47. The first-order valence-corrected chi connectivity index (χ1v) is 8.06. The number of hydrogen-bond acceptors (Lipinski definition) is 3. The van der Waals surface area contributed by atoms with E-state index in [1.807, 2.05) is 11.0 Å². The Morgan fingerprint density at radius 3 is 2.30 bits per heavy atom. The summed E-state index contributed by atoms with van der Waals surface area (Å²) < 4.78 is 0. The van der Waals surface area contributed by atoms with Gasteiger partial charge in [-0.2, -0.15) is 0 Å². The van der Waals surface area contributed by atoms with Gasteiger partial charge in [0.05, 0.1) is 5.75 Å². The zero-order chi connectivity index (χ0) is 15.1. The second kappa shape index (κ2) is 8.20. The first kappa shape index (κ1) is 16.9. The molecule has 0 fully saturated rings. The minimum Gasteiger partial charge on any atom is -0.508 e. The summed E-state index contributed by atoms with van der Waals surface area (Å²) in [7, 11) is 0. The van der Waals surface area contributed by atoms with Crippen LogP contribution >= 0.6 is 11.8 Å². The van der Waals surface area contributed by atoms with Gasteiger partial charge in [0.2, 0.25) is 5.91 Å². The monoisotopic (exact) mass is 295 g/mol. The molecule has 1 amide bonds.